The minimum absolute atomic E-state index is 0.0852. The van der Waals surface area contributed by atoms with Crippen LogP contribution in [0.5, 0.6) is 5.75 Å². The fourth-order valence-corrected chi connectivity index (χ4v) is 2.55. The number of hydrogen-bond donors (Lipinski definition) is 1. The Balaban J connectivity index is 1.95. The van der Waals surface area contributed by atoms with Gasteiger partial charge in [0, 0.05) is 39.3 Å². The van der Waals surface area contributed by atoms with Gasteiger partial charge in [-0.15, -0.1) is 0 Å². The molecule has 0 spiro atoms. The lowest BCUT2D eigenvalue weighted by Crippen LogP contribution is -2.38. The Hall–Kier alpha value is -3.09. The van der Waals surface area contributed by atoms with Crippen LogP contribution in [0, 0.1) is 10.1 Å². The highest BCUT2D eigenvalue weighted by atomic mass is 16.6. The van der Waals surface area contributed by atoms with E-state index in [1.807, 2.05) is 49.2 Å². The number of benzene rings is 2. The van der Waals surface area contributed by atoms with Gasteiger partial charge < -0.3 is 15.0 Å². The number of nitrogens with zero attached hydrogens (tertiary/aromatic N) is 3. The molecule has 0 aliphatic rings. The van der Waals surface area contributed by atoms with Crippen LogP contribution in [0.4, 0.5) is 5.69 Å². The second-order valence-corrected chi connectivity index (χ2v) is 5.76. The van der Waals surface area contributed by atoms with E-state index in [1.54, 1.807) is 19.2 Å². The zero-order valence-electron chi connectivity index (χ0n) is 15.3. The first-order valence-corrected chi connectivity index (χ1v) is 8.40. The molecular weight excluding hydrogens is 332 g/mol. The number of rotatable bonds is 7. The van der Waals surface area contributed by atoms with Crippen LogP contribution in [0.1, 0.15) is 18.1 Å². The average molecular weight is 356 g/mol. The molecule has 26 heavy (non-hydrogen) atoms. The average Bonchev–Trinajstić information content (AvgIpc) is 2.64. The molecule has 7 heteroatoms. The van der Waals surface area contributed by atoms with Crippen molar-refractivity contribution in [1.29, 1.82) is 0 Å². The van der Waals surface area contributed by atoms with Gasteiger partial charge in [-0.2, -0.15) is 0 Å². The largest absolute Gasteiger partial charge is 0.494 e. The summed E-state index contributed by atoms with van der Waals surface area (Å²) in [6, 6.07) is 14.5. The summed E-state index contributed by atoms with van der Waals surface area (Å²) in [5, 5.41) is 14.1. The number of nitro benzene ring substituents is 1. The quantitative estimate of drug-likeness (QED) is 0.357. The minimum Gasteiger partial charge on any atom is -0.494 e. The molecule has 2 aromatic rings. The predicted octanol–water partition coefficient (Wildman–Crippen LogP) is 3.20. The first kappa shape index (κ1) is 19.2. The van der Waals surface area contributed by atoms with Crippen molar-refractivity contribution in [3.63, 3.8) is 0 Å². The van der Waals surface area contributed by atoms with Crippen molar-refractivity contribution in [3.8, 4) is 5.75 Å². The number of nitro groups is 1. The van der Waals surface area contributed by atoms with Gasteiger partial charge in [0.2, 0.25) is 0 Å². The highest BCUT2D eigenvalue weighted by Crippen LogP contribution is 2.14. The molecule has 2 aromatic carbocycles. The van der Waals surface area contributed by atoms with Gasteiger partial charge in [0.1, 0.15) is 5.75 Å². The second kappa shape index (κ2) is 9.41. The van der Waals surface area contributed by atoms with Crippen molar-refractivity contribution in [1.82, 2.24) is 10.2 Å². The number of nitrogens with one attached hydrogen (secondary N) is 1. The molecule has 0 bridgehead atoms. The molecule has 0 aromatic heterocycles. The van der Waals surface area contributed by atoms with Crippen LogP contribution in [0.3, 0.4) is 0 Å². The molecule has 0 amide bonds. The third kappa shape index (κ3) is 5.47. The molecule has 0 radical (unpaired) electrons. The molecule has 7 nitrogen and oxygen atoms in total. The molecule has 0 saturated heterocycles. The summed E-state index contributed by atoms with van der Waals surface area (Å²) in [4.78, 5) is 16.7. The summed E-state index contributed by atoms with van der Waals surface area (Å²) in [5.41, 5.74) is 2.05. The number of ether oxygens (including phenoxy) is 1. The first-order chi connectivity index (χ1) is 12.5. The monoisotopic (exact) mass is 356 g/mol. The second-order valence-electron chi connectivity index (χ2n) is 5.76. The molecular formula is C19H24N4O3. The van der Waals surface area contributed by atoms with Gasteiger partial charge in [0.25, 0.3) is 5.69 Å². The number of aliphatic imine (C=N–C) groups is 1. The molecule has 0 atom stereocenters. The normalized spacial score (nSPS) is 11.1. The molecule has 0 unspecified atom stereocenters. The molecule has 0 saturated carbocycles. The van der Waals surface area contributed by atoms with Crippen LogP contribution in [0.25, 0.3) is 0 Å². The molecule has 0 heterocycles. The zero-order valence-corrected chi connectivity index (χ0v) is 15.3. The van der Waals surface area contributed by atoms with Gasteiger partial charge in [-0.1, -0.05) is 24.3 Å². The number of hydrogen-bond acceptors (Lipinski definition) is 4. The zero-order chi connectivity index (χ0) is 18.9. The number of non-ortho nitro benzene ring substituents is 1. The summed E-state index contributed by atoms with van der Waals surface area (Å²) < 4.78 is 5.45. The SMILES string of the molecule is CCOc1ccc(CN(C)C(=NC)NCc2cccc([N+](=O)[O-])c2)cc1. The fourth-order valence-electron chi connectivity index (χ4n) is 2.55. The lowest BCUT2D eigenvalue weighted by molar-refractivity contribution is -0.384. The van der Waals surface area contributed by atoms with E-state index < -0.39 is 4.92 Å². The van der Waals surface area contributed by atoms with E-state index in [0.717, 1.165) is 16.9 Å². The summed E-state index contributed by atoms with van der Waals surface area (Å²) in [6.45, 7) is 3.75. The highest BCUT2D eigenvalue weighted by molar-refractivity contribution is 5.79. The maximum atomic E-state index is 10.9. The van der Waals surface area contributed by atoms with E-state index in [1.165, 1.54) is 6.07 Å². The van der Waals surface area contributed by atoms with Crippen LogP contribution in [-0.2, 0) is 13.1 Å². The molecule has 1 N–H and O–H groups in total. The Labute approximate surface area is 153 Å². The standard InChI is InChI=1S/C19H24N4O3/c1-4-26-18-10-8-15(9-11-18)14-22(3)19(20-2)21-13-16-6-5-7-17(12-16)23(24)25/h5-12H,4,13-14H2,1-3H3,(H,20,21). The fraction of sp³-hybridized carbons (Fsp3) is 0.316. The van der Waals surface area contributed by atoms with Gasteiger partial charge >= 0.3 is 0 Å². The van der Waals surface area contributed by atoms with Crippen molar-refractivity contribution in [3.05, 3.63) is 69.8 Å². The Morgan fingerprint density at radius 2 is 1.96 bits per heavy atom. The van der Waals surface area contributed by atoms with Crippen molar-refractivity contribution >= 4 is 11.6 Å². The maximum Gasteiger partial charge on any atom is 0.269 e. The van der Waals surface area contributed by atoms with E-state index in [2.05, 4.69) is 10.3 Å². The summed E-state index contributed by atoms with van der Waals surface area (Å²) in [6.07, 6.45) is 0. The van der Waals surface area contributed by atoms with Crippen molar-refractivity contribution in [2.24, 2.45) is 4.99 Å². The lowest BCUT2D eigenvalue weighted by Gasteiger charge is -2.22. The Kier molecular flexibility index (Phi) is 6.96. The van der Waals surface area contributed by atoms with Crippen molar-refractivity contribution < 1.29 is 9.66 Å². The molecule has 0 fully saturated rings. The topological polar surface area (TPSA) is 80.0 Å². The van der Waals surface area contributed by atoms with Crippen LogP contribution in [0.2, 0.25) is 0 Å². The Morgan fingerprint density at radius 3 is 2.58 bits per heavy atom. The summed E-state index contributed by atoms with van der Waals surface area (Å²) in [7, 11) is 3.66. The van der Waals surface area contributed by atoms with E-state index in [0.29, 0.717) is 25.7 Å². The molecule has 2 rings (SSSR count). The highest BCUT2D eigenvalue weighted by Gasteiger charge is 2.09. The Bertz CT molecular complexity index is 760. The number of guanidine groups is 1. The van der Waals surface area contributed by atoms with Crippen molar-refractivity contribution in [2.75, 3.05) is 20.7 Å². The third-order valence-corrected chi connectivity index (χ3v) is 3.80. The minimum atomic E-state index is -0.392. The van der Waals surface area contributed by atoms with Crippen LogP contribution in [-0.4, -0.2) is 36.5 Å². The van der Waals surface area contributed by atoms with Gasteiger partial charge in [0.05, 0.1) is 11.5 Å². The molecule has 0 aliphatic carbocycles. The van der Waals surface area contributed by atoms with E-state index in [-0.39, 0.29) is 5.69 Å². The van der Waals surface area contributed by atoms with Gasteiger partial charge in [-0.25, -0.2) is 0 Å². The Morgan fingerprint density at radius 1 is 1.23 bits per heavy atom. The van der Waals surface area contributed by atoms with Crippen LogP contribution >= 0.6 is 0 Å². The smallest absolute Gasteiger partial charge is 0.269 e. The van der Waals surface area contributed by atoms with Gasteiger partial charge in [0.15, 0.2) is 5.96 Å². The van der Waals surface area contributed by atoms with E-state index in [9.17, 15) is 10.1 Å². The molecule has 138 valence electrons. The van der Waals surface area contributed by atoms with E-state index in [4.69, 9.17) is 4.74 Å². The summed E-state index contributed by atoms with van der Waals surface area (Å²) >= 11 is 0. The van der Waals surface area contributed by atoms with Gasteiger partial charge in [-0.3, -0.25) is 15.1 Å². The summed E-state index contributed by atoms with van der Waals surface area (Å²) in [5.74, 6) is 1.57. The maximum absolute atomic E-state index is 10.9. The third-order valence-electron chi connectivity index (χ3n) is 3.80. The predicted molar refractivity (Wildman–Crippen MR) is 102 cm³/mol. The van der Waals surface area contributed by atoms with Gasteiger partial charge in [-0.05, 0) is 30.2 Å². The first-order valence-electron chi connectivity index (χ1n) is 8.40. The van der Waals surface area contributed by atoms with E-state index >= 15 is 0 Å². The molecule has 0 aliphatic heterocycles. The lowest BCUT2D eigenvalue weighted by atomic mass is 10.2. The van der Waals surface area contributed by atoms with Crippen molar-refractivity contribution in [2.45, 2.75) is 20.0 Å². The van der Waals surface area contributed by atoms with Crippen LogP contribution in [0.15, 0.2) is 53.5 Å². The van der Waals surface area contributed by atoms with Crippen LogP contribution < -0.4 is 10.1 Å².